The zero-order valence-corrected chi connectivity index (χ0v) is 14.6. The van der Waals surface area contributed by atoms with Crippen molar-refractivity contribution in [3.63, 3.8) is 0 Å². The van der Waals surface area contributed by atoms with Gasteiger partial charge in [0.25, 0.3) is 5.91 Å². The molecule has 1 unspecified atom stereocenters. The lowest BCUT2D eigenvalue weighted by Crippen LogP contribution is -2.46. The zero-order chi connectivity index (χ0) is 17.1. The summed E-state index contributed by atoms with van der Waals surface area (Å²) in [6.07, 6.45) is 3.85. The Balaban J connectivity index is 1.92. The average molecular weight is 327 g/mol. The van der Waals surface area contributed by atoms with Crippen molar-refractivity contribution in [3.8, 4) is 0 Å². The lowest BCUT2D eigenvalue weighted by atomic mass is 9.89. The molecule has 24 heavy (non-hydrogen) atoms. The summed E-state index contributed by atoms with van der Waals surface area (Å²) in [5.74, 6) is 0.384. The van der Waals surface area contributed by atoms with Crippen LogP contribution in [-0.2, 0) is 17.7 Å². The third-order valence-corrected chi connectivity index (χ3v) is 4.66. The number of benzene rings is 1. The van der Waals surface area contributed by atoms with Crippen LogP contribution in [0.3, 0.4) is 0 Å². The van der Waals surface area contributed by atoms with E-state index < -0.39 is 0 Å². The van der Waals surface area contributed by atoms with Gasteiger partial charge >= 0.3 is 0 Å². The second-order valence-electron chi connectivity index (χ2n) is 6.61. The number of carbonyl (C=O) groups is 1. The number of nitrogens with zero attached hydrogens (tertiary/aromatic N) is 3. The molecule has 1 aliphatic rings. The molecule has 0 N–H and O–H groups in total. The van der Waals surface area contributed by atoms with Crippen molar-refractivity contribution >= 4 is 11.6 Å². The number of aromatic nitrogens is 2. The molecule has 0 saturated heterocycles. The third kappa shape index (κ3) is 3.22. The maximum absolute atomic E-state index is 13.2. The van der Waals surface area contributed by atoms with Crippen molar-refractivity contribution < 1.29 is 9.53 Å². The highest BCUT2D eigenvalue weighted by molar-refractivity contribution is 6.06. The summed E-state index contributed by atoms with van der Waals surface area (Å²) in [6, 6.07) is 10.2. The van der Waals surface area contributed by atoms with E-state index in [4.69, 9.17) is 4.74 Å². The summed E-state index contributed by atoms with van der Waals surface area (Å²) in [7, 11) is 1.66. The monoisotopic (exact) mass is 327 g/mol. The van der Waals surface area contributed by atoms with Crippen molar-refractivity contribution in [2.45, 2.75) is 39.3 Å². The molecule has 0 spiro atoms. The molecule has 2 aromatic rings. The fourth-order valence-electron chi connectivity index (χ4n) is 3.37. The first kappa shape index (κ1) is 16.7. The summed E-state index contributed by atoms with van der Waals surface area (Å²) in [4.78, 5) is 15.1. The Kier molecular flexibility index (Phi) is 5.00. The molecular formula is C19H25N3O2. The molecule has 5 heteroatoms. The molecule has 1 atom stereocenters. The van der Waals surface area contributed by atoms with Gasteiger partial charge in [-0.1, -0.05) is 32.0 Å². The molecule has 5 nitrogen and oxygen atoms in total. The van der Waals surface area contributed by atoms with Gasteiger partial charge < -0.3 is 9.64 Å². The minimum atomic E-state index is -0.0167. The average Bonchev–Trinajstić information content (AvgIpc) is 3.07. The van der Waals surface area contributed by atoms with Crippen LogP contribution in [0, 0.1) is 5.92 Å². The van der Waals surface area contributed by atoms with Gasteiger partial charge in [0, 0.05) is 25.0 Å². The van der Waals surface area contributed by atoms with Crippen LogP contribution in [0.5, 0.6) is 0 Å². The van der Waals surface area contributed by atoms with Gasteiger partial charge in [-0.15, -0.1) is 0 Å². The number of methoxy groups -OCH3 is 1. The number of rotatable bonds is 5. The minimum absolute atomic E-state index is 0.0167. The Morgan fingerprint density at radius 2 is 2.12 bits per heavy atom. The molecule has 0 aliphatic carbocycles. The van der Waals surface area contributed by atoms with Gasteiger partial charge in [-0.3, -0.25) is 9.48 Å². The number of hydrogen-bond acceptors (Lipinski definition) is 3. The first-order chi connectivity index (χ1) is 11.6. The number of hydrogen-bond donors (Lipinski definition) is 0. The molecule has 0 bridgehead atoms. The van der Waals surface area contributed by atoms with E-state index in [0.717, 1.165) is 18.5 Å². The fraction of sp³-hybridized carbons (Fsp3) is 0.474. The van der Waals surface area contributed by atoms with Gasteiger partial charge in [-0.05, 0) is 36.5 Å². The van der Waals surface area contributed by atoms with Gasteiger partial charge in [-0.2, -0.15) is 5.10 Å². The molecule has 1 amide bonds. The van der Waals surface area contributed by atoms with E-state index >= 15 is 0 Å². The SMILES string of the molecule is COCCn1ccc(C(=O)N2c3ccccc3CCC2C(C)C)n1. The number of aryl methyl sites for hydroxylation is 1. The predicted octanol–water partition coefficient (Wildman–Crippen LogP) is 3.15. The maximum Gasteiger partial charge on any atom is 0.279 e. The van der Waals surface area contributed by atoms with Gasteiger partial charge in [0.05, 0.1) is 13.2 Å². The number of ether oxygens (including phenoxy) is 1. The number of carbonyl (C=O) groups excluding carboxylic acids is 1. The van der Waals surface area contributed by atoms with Gasteiger partial charge in [-0.25, -0.2) is 0 Å². The molecule has 1 aromatic carbocycles. The van der Waals surface area contributed by atoms with Gasteiger partial charge in [0.1, 0.15) is 0 Å². The molecule has 3 rings (SSSR count). The third-order valence-electron chi connectivity index (χ3n) is 4.66. The standard InChI is InChI=1S/C19H25N3O2/c1-14(2)17-9-8-15-6-4-5-7-18(15)22(17)19(23)16-10-11-21(20-16)12-13-24-3/h4-7,10-11,14,17H,8-9,12-13H2,1-3H3. The number of para-hydroxylation sites is 1. The molecule has 2 heterocycles. The van der Waals surface area contributed by atoms with E-state index in [2.05, 4.69) is 25.0 Å². The predicted molar refractivity (Wildman–Crippen MR) is 94.3 cm³/mol. The van der Waals surface area contributed by atoms with E-state index in [1.165, 1.54) is 5.56 Å². The summed E-state index contributed by atoms with van der Waals surface area (Å²) in [5.41, 5.74) is 2.76. The van der Waals surface area contributed by atoms with E-state index in [9.17, 15) is 4.79 Å². The van der Waals surface area contributed by atoms with Crippen molar-refractivity contribution in [3.05, 3.63) is 47.8 Å². The van der Waals surface area contributed by atoms with E-state index in [1.807, 2.05) is 29.3 Å². The van der Waals surface area contributed by atoms with Crippen LogP contribution in [0.15, 0.2) is 36.5 Å². The zero-order valence-electron chi connectivity index (χ0n) is 14.6. The molecular weight excluding hydrogens is 302 g/mol. The molecule has 0 radical (unpaired) electrons. The summed E-state index contributed by atoms with van der Waals surface area (Å²) in [6.45, 7) is 5.58. The molecule has 128 valence electrons. The van der Waals surface area contributed by atoms with E-state index in [1.54, 1.807) is 17.9 Å². The Morgan fingerprint density at radius 1 is 1.33 bits per heavy atom. The first-order valence-electron chi connectivity index (χ1n) is 8.55. The number of fused-ring (bicyclic) bond motifs is 1. The van der Waals surface area contributed by atoms with Crippen LogP contribution in [0.4, 0.5) is 5.69 Å². The largest absolute Gasteiger partial charge is 0.383 e. The van der Waals surface area contributed by atoms with Crippen molar-refractivity contribution in [2.24, 2.45) is 5.92 Å². The lowest BCUT2D eigenvalue weighted by Gasteiger charge is -2.39. The summed E-state index contributed by atoms with van der Waals surface area (Å²) in [5, 5.41) is 4.44. The minimum Gasteiger partial charge on any atom is -0.383 e. The van der Waals surface area contributed by atoms with Crippen LogP contribution in [0.2, 0.25) is 0 Å². The first-order valence-corrected chi connectivity index (χ1v) is 8.55. The highest BCUT2D eigenvalue weighted by atomic mass is 16.5. The Bertz CT molecular complexity index is 708. The van der Waals surface area contributed by atoms with E-state index in [0.29, 0.717) is 24.8 Å². The van der Waals surface area contributed by atoms with Gasteiger partial charge in [0.2, 0.25) is 0 Å². The smallest absolute Gasteiger partial charge is 0.279 e. The van der Waals surface area contributed by atoms with Crippen LogP contribution < -0.4 is 4.90 Å². The Labute approximate surface area is 143 Å². The normalized spacial score (nSPS) is 17.2. The highest BCUT2D eigenvalue weighted by Gasteiger charge is 2.34. The molecule has 1 aromatic heterocycles. The second kappa shape index (κ2) is 7.18. The topological polar surface area (TPSA) is 47.4 Å². The highest BCUT2D eigenvalue weighted by Crippen LogP contribution is 2.34. The second-order valence-corrected chi connectivity index (χ2v) is 6.61. The fourth-order valence-corrected chi connectivity index (χ4v) is 3.37. The Hall–Kier alpha value is -2.14. The van der Waals surface area contributed by atoms with Gasteiger partial charge in [0.15, 0.2) is 5.69 Å². The summed E-state index contributed by atoms with van der Waals surface area (Å²) >= 11 is 0. The van der Waals surface area contributed by atoms with Crippen molar-refractivity contribution in [2.75, 3.05) is 18.6 Å². The van der Waals surface area contributed by atoms with Crippen LogP contribution in [0.25, 0.3) is 0 Å². The Morgan fingerprint density at radius 3 is 2.88 bits per heavy atom. The van der Waals surface area contributed by atoms with Crippen molar-refractivity contribution in [1.82, 2.24) is 9.78 Å². The van der Waals surface area contributed by atoms with E-state index in [-0.39, 0.29) is 11.9 Å². The maximum atomic E-state index is 13.2. The van der Waals surface area contributed by atoms with Crippen LogP contribution in [-0.4, -0.2) is 35.4 Å². The van der Waals surface area contributed by atoms with Crippen molar-refractivity contribution in [1.29, 1.82) is 0 Å². The van der Waals surface area contributed by atoms with Crippen LogP contribution in [0.1, 0.15) is 36.3 Å². The number of anilines is 1. The quantitative estimate of drug-likeness (QED) is 0.847. The van der Waals surface area contributed by atoms with Crippen LogP contribution >= 0.6 is 0 Å². The number of amides is 1. The molecule has 0 saturated carbocycles. The lowest BCUT2D eigenvalue weighted by molar-refractivity contribution is 0.0958. The molecule has 0 fully saturated rings. The summed E-state index contributed by atoms with van der Waals surface area (Å²) < 4.78 is 6.83. The molecule has 1 aliphatic heterocycles.